The van der Waals surface area contributed by atoms with Crippen LogP contribution in [0.3, 0.4) is 0 Å². The molecule has 0 radical (unpaired) electrons. The number of nitrogens with zero attached hydrogens (tertiary/aromatic N) is 3. The SMILES string of the molecule is CC(=O)Nc1ccc(CN2CCN3CC(COCCCN4CCCCC4)CCC3C2)cc1. The molecule has 1 amide bonds. The molecule has 178 valence electrons. The van der Waals surface area contributed by atoms with E-state index in [4.69, 9.17) is 4.74 Å². The van der Waals surface area contributed by atoms with Gasteiger partial charge in [-0.15, -0.1) is 0 Å². The summed E-state index contributed by atoms with van der Waals surface area (Å²) in [4.78, 5) is 19.1. The quantitative estimate of drug-likeness (QED) is 0.594. The molecule has 1 N–H and O–H groups in total. The summed E-state index contributed by atoms with van der Waals surface area (Å²) in [5.74, 6) is 0.682. The summed E-state index contributed by atoms with van der Waals surface area (Å²) in [6.45, 7) is 12.9. The molecule has 0 aromatic heterocycles. The third-order valence-corrected chi connectivity index (χ3v) is 7.34. The van der Waals surface area contributed by atoms with Crippen LogP contribution in [0.25, 0.3) is 0 Å². The first kappa shape index (κ1) is 23.7. The molecule has 3 heterocycles. The number of rotatable bonds is 9. The van der Waals surface area contributed by atoms with Crippen LogP contribution >= 0.6 is 0 Å². The summed E-state index contributed by atoms with van der Waals surface area (Å²) in [5, 5.41) is 2.84. The van der Waals surface area contributed by atoms with Crippen molar-refractivity contribution in [2.24, 2.45) is 5.92 Å². The summed E-state index contributed by atoms with van der Waals surface area (Å²) < 4.78 is 6.09. The Morgan fingerprint density at radius 3 is 2.59 bits per heavy atom. The predicted octanol–water partition coefficient (Wildman–Crippen LogP) is 3.43. The average Bonchev–Trinajstić information content (AvgIpc) is 2.80. The van der Waals surface area contributed by atoms with Crippen molar-refractivity contribution in [3.8, 4) is 0 Å². The van der Waals surface area contributed by atoms with E-state index >= 15 is 0 Å². The van der Waals surface area contributed by atoms with Crippen molar-refractivity contribution < 1.29 is 9.53 Å². The van der Waals surface area contributed by atoms with Crippen LogP contribution in [-0.4, -0.2) is 85.7 Å². The van der Waals surface area contributed by atoms with Gasteiger partial charge in [-0.2, -0.15) is 0 Å². The Bertz CT molecular complexity index is 704. The van der Waals surface area contributed by atoms with Crippen molar-refractivity contribution in [2.75, 3.05) is 64.3 Å². The third kappa shape index (κ3) is 7.27. The van der Waals surface area contributed by atoms with Crippen molar-refractivity contribution in [1.29, 1.82) is 0 Å². The highest BCUT2D eigenvalue weighted by Gasteiger charge is 2.32. The van der Waals surface area contributed by atoms with E-state index in [1.807, 2.05) is 12.1 Å². The van der Waals surface area contributed by atoms with Gasteiger partial charge in [0.15, 0.2) is 0 Å². The zero-order chi connectivity index (χ0) is 22.2. The van der Waals surface area contributed by atoms with Crippen LogP contribution < -0.4 is 5.32 Å². The molecule has 32 heavy (non-hydrogen) atoms. The molecule has 3 fully saturated rings. The maximum absolute atomic E-state index is 11.2. The molecule has 2 atom stereocenters. The number of piperidine rings is 2. The predicted molar refractivity (Wildman–Crippen MR) is 130 cm³/mol. The van der Waals surface area contributed by atoms with Gasteiger partial charge in [-0.05, 0) is 68.8 Å². The zero-order valence-corrected chi connectivity index (χ0v) is 19.9. The number of ether oxygens (including phenoxy) is 1. The first-order valence-electron chi connectivity index (χ1n) is 12.8. The van der Waals surface area contributed by atoms with E-state index in [9.17, 15) is 4.79 Å². The Morgan fingerprint density at radius 1 is 1.00 bits per heavy atom. The molecule has 0 aliphatic carbocycles. The van der Waals surface area contributed by atoms with Crippen LogP contribution in [-0.2, 0) is 16.1 Å². The average molecular weight is 443 g/mol. The molecule has 3 aliphatic heterocycles. The van der Waals surface area contributed by atoms with Gasteiger partial charge in [0, 0.05) is 64.5 Å². The van der Waals surface area contributed by atoms with E-state index in [1.54, 1.807) is 6.92 Å². The van der Waals surface area contributed by atoms with Gasteiger partial charge in [-0.3, -0.25) is 14.6 Å². The highest BCUT2D eigenvalue weighted by molar-refractivity contribution is 5.88. The van der Waals surface area contributed by atoms with Gasteiger partial charge in [0.25, 0.3) is 0 Å². The molecule has 1 aromatic rings. The first-order valence-corrected chi connectivity index (χ1v) is 12.8. The maximum Gasteiger partial charge on any atom is 0.221 e. The van der Waals surface area contributed by atoms with Gasteiger partial charge in [-0.1, -0.05) is 18.6 Å². The normalized spacial score (nSPS) is 25.4. The number of benzene rings is 1. The number of hydrogen-bond donors (Lipinski definition) is 1. The second-order valence-electron chi connectivity index (χ2n) is 10.0. The molecular weight excluding hydrogens is 400 g/mol. The number of carbonyl (C=O) groups is 1. The van der Waals surface area contributed by atoms with Crippen molar-refractivity contribution in [3.05, 3.63) is 29.8 Å². The first-order chi connectivity index (χ1) is 15.7. The number of piperazine rings is 1. The van der Waals surface area contributed by atoms with Crippen LogP contribution in [0, 0.1) is 5.92 Å². The van der Waals surface area contributed by atoms with E-state index < -0.39 is 0 Å². The van der Waals surface area contributed by atoms with Gasteiger partial charge in [-0.25, -0.2) is 0 Å². The number of anilines is 1. The van der Waals surface area contributed by atoms with Crippen LogP contribution in [0.1, 0.15) is 51.0 Å². The standard InChI is InChI=1S/C26H42N4O2/c1-22(31)27-25-9-6-23(7-10-25)18-29-15-16-30-19-24(8-11-26(30)20-29)21-32-17-5-14-28-12-3-2-4-13-28/h6-7,9-10,24,26H,2-5,8,11-21H2,1H3,(H,27,31). The highest BCUT2D eigenvalue weighted by Crippen LogP contribution is 2.26. The fourth-order valence-electron chi connectivity index (χ4n) is 5.58. The minimum absolute atomic E-state index is 0.0210. The van der Waals surface area contributed by atoms with Crippen molar-refractivity contribution >= 4 is 11.6 Å². The number of fused-ring (bicyclic) bond motifs is 1. The van der Waals surface area contributed by atoms with Crippen LogP contribution in [0.2, 0.25) is 0 Å². The molecule has 0 bridgehead atoms. The second kappa shape index (κ2) is 12.1. The van der Waals surface area contributed by atoms with Crippen molar-refractivity contribution in [3.63, 3.8) is 0 Å². The Kier molecular flexibility index (Phi) is 8.97. The zero-order valence-electron chi connectivity index (χ0n) is 19.9. The fraction of sp³-hybridized carbons (Fsp3) is 0.731. The largest absolute Gasteiger partial charge is 0.381 e. The summed E-state index contributed by atoms with van der Waals surface area (Å²) in [7, 11) is 0. The van der Waals surface area contributed by atoms with Crippen LogP contribution in [0.4, 0.5) is 5.69 Å². The van der Waals surface area contributed by atoms with Crippen molar-refractivity contribution in [2.45, 2.75) is 58.0 Å². The summed E-state index contributed by atoms with van der Waals surface area (Å²) in [6.07, 6.45) is 7.94. The monoisotopic (exact) mass is 442 g/mol. The number of likely N-dealkylation sites (tertiary alicyclic amines) is 1. The molecule has 1 aromatic carbocycles. The Balaban J connectivity index is 1.11. The molecule has 0 spiro atoms. The molecular formula is C26H42N4O2. The van der Waals surface area contributed by atoms with Gasteiger partial charge in [0.2, 0.25) is 5.91 Å². The number of hydrogen-bond acceptors (Lipinski definition) is 5. The Morgan fingerprint density at radius 2 is 1.81 bits per heavy atom. The number of carbonyl (C=O) groups excluding carboxylic acids is 1. The topological polar surface area (TPSA) is 48.1 Å². The van der Waals surface area contributed by atoms with E-state index in [-0.39, 0.29) is 5.91 Å². The smallest absolute Gasteiger partial charge is 0.221 e. The van der Waals surface area contributed by atoms with E-state index in [2.05, 4.69) is 32.1 Å². The van der Waals surface area contributed by atoms with Crippen LogP contribution in [0.15, 0.2) is 24.3 Å². The lowest BCUT2D eigenvalue weighted by Gasteiger charge is -2.46. The summed E-state index contributed by atoms with van der Waals surface area (Å²) >= 11 is 0. The van der Waals surface area contributed by atoms with Crippen molar-refractivity contribution in [1.82, 2.24) is 14.7 Å². The third-order valence-electron chi connectivity index (χ3n) is 7.34. The summed E-state index contributed by atoms with van der Waals surface area (Å²) in [5.41, 5.74) is 2.19. The van der Waals surface area contributed by atoms with Crippen LogP contribution in [0.5, 0.6) is 0 Å². The molecule has 2 unspecified atom stereocenters. The number of amides is 1. The number of nitrogens with one attached hydrogen (secondary N) is 1. The lowest BCUT2D eigenvalue weighted by Crippen LogP contribution is -2.56. The van der Waals surface area contributed by atoms with Gasteiger partial charge < -0.3 is 15.0 Å². The van der Waals surface area contributed by atoms with Gasteiger partial charge >= 0.3 is 0 Å². The molecule has 6 heteroatoms. The van der Waals surface area contributed by atoms with Gasteiger partial charge in [0.05, 0.1) is 6.61 Å². The minimum Gasteiger partial charge on any atom is -0.381 e. The fourth-order valence-corrected chi connectivity index (χ4v) is 5.58. The van der Waals surface area contributed by atoms with E-state index in [1.165, 1.54) is 76.8 Å². The molecule has 6 nitrogen and oxygen atoms in total. The second-order valence-corrected chi connectivity index (χ2v) is 10.0. The Labute approximate surface area is 194 Å². The van der Waals surface area contributed by atoms with E-state index in [0.29, 0.717) is 12.0 Å². The molecule has 3 saturated heterocycles. The summed E-state index contributed by atoms with van der Waals surface area (Å²) in [6, 6.07) is 8.97. The Hall–Kier alpha value is -1.47. The molecule has 0 saturated carbocycles. The minimum atomic E-state index is -0.0210. The lowest BCUT2D eigenvalue weighted by molar-refractivity contribution is -0.114. The molecule has 4 rings (SSSR count). The van der Waals surface area contributed by atoms with Gasteiger partial charge in [0.1, 0.15) is 0 Å². The highest BCUT2D eigenvalue weighted by atomic mass is 16.5. The molecule has 3 aliphatic rings. The lowest BCUT2D eigenvalue weighted by atomic mass is 9.91. The maximum atomic E-state index is 11.2. The van der Waals surface area contributed by atoms with E-state index in [0.717, 1.165) is 38.5 Å².